The summed E-state index contributed by atoms with van der Waals surface area (Å²) in [6.07, 6.45) is 2.12. The van der Waals surface area contributed by atoms with Crippen molar-refractivity contribution >= 4 is 5.69 Å². The predicted octanol–water partition coefficient (Wildman–Crippen LogP) is 1.23. The van der Waals surface area contributed by atoms with Crippen LogP contribution in [-0.2, 0) is 0 Å². The zero-order valence-corrected chi connectivity index (χ0v) is 11.0. The van der Waals surface area contributed by atoms with Crippen molar-refractivity contribution in [1.29, 1.82) is 0 Å². The third-order valence-electron chi connectivity index (χ3n) is 4.02. The predicted molar refractivity (Wildman–Crippen MR) is 71.0 cm³/mol. The summed E-state index contributed by atoms with van der Waals surface area (Å²) in [5.74, 6) is 0. The van der Waals surface area contributed by atoms with Crippen LogP contribution in [0.2, 0.25) is 0 Å². The molecule has 2 N–H and O–H groups in total. The molecule has 2 aromatic rings. The van der Waals surface area contributed by atoms with E-state index in [-0.39, 0.29) is 17.6 Å². The molecule has 0 bridgehead atoms. The number of nitrogens with one attached hydrogen (secondary N) is 1. The van der Waals surface area contributed by atoms with E-state index >= 15 is 0 Å². The minimum absolute atomic E-state index is 0.0924. The zero-order chi connectivity index (χ0) is 13.5. The van der Waals surface area contributed by atoms with Gasteiger partial charge in [0.2, 0.25) is 0 Å². The second kappa shape index (κ2) is 4.31. The number of nitrogens with zero attached hydrogens (tertiary/aromatic N) is 4. The Bertz CT molecular complexity index is 566. The highest BCUT2D eigenvalue weighted by atomic mass is 16.3. The summed E-state index contributed by atoms with van der Waals surface area (Å²) in [6.45, 7) is 4.15. The van der Waals surface area contributed by atoms with Crippen LogP contribution in [0.25, 0.3) is 5.69 Å². The maximum Gasteiger partial charge on any atom is 0.143 e. The highest BCUT2D eigenvalue weighted by molar-refractivity contribution is 5.52. The van der Waals surface area contributed by atoms with E-state index in [1.165, 1.54) is 0 Å². The fourth-order valence-electron chi connectivity index (χ4n) is 2.37. The molecule has 19 heavy (non-hydrogen) atoms. The van der Waals surface area contributed by atoms with Gasteiger partial charge < -0.3 is 10.4 Å². The van der Waals surface area contributed by atoms with E-state index in [2.05, 4.69) is 34.7 Å². The van der Waals surface area contributed by atoms with Crippen molar-refractivity contribution in [2.45, 2.75) is 32.4 Å². The molecular formula is C13H17N5O. The van der Waals surface area contributed by atoms with Crippen LogP contribution < -0.4 is 5.32 Å². The molecule has 0 spiro atoms. The van der Waals surface area contributed by atoms with Gasteiger partial charge >= 0.3 is 0 Å². The average molecular weight is 259 g/mol. The molecule has 1 saturated carbocycles. The van der Waals surface area contributed by atoms with E-state index in [4.69, 9.17) is 0 Å². The first-order chi connectivity index (χ1) is 9.07. The lowest BCUT2D eigenvalue weighted by Gasteiger charge is -2.49. The molecule has 1 heterocycles. The van der Waals surface area contributed by atoms with Crippen LogP contribution in [0.5, 0.6) is 0 Å². The lowest BCUT2D eigenvalue weighted by Crippen LogP contribution is -2.56. The number of benzene rings is 1. The average Bonchev–Trinajstić information content (AvgIpc) is 2.93. The Labute approximate surface area is 111 Å². The molecule has 0 amide bonds. The van der Waals surface area contributed by atoms with Crippen LogP contribution in [0.1, 0.15) is 20.3 Å². The molecule has 1 aliphatic rings. The van der Waals surface area contributed by atoms with Gasteiger partial charge in [-0.2, -0.15) is 0 Å². The van der Waals surface area contributed by atoms with Gasteiger partial charge in [-0.05, 0) is 35.0 Å². The van der Waals surface area contributed by atoms with Gasteiger partial charge in [0.25, 0.3) is 0 Å². The number of aromatic nitrogens is 4. The Morgan fingerprint density at radius 1 is 1.42 bits per heavy atom. The third kappa shape index (κ3) is 2.08. The van der Waals surface area contributed by atoms with Crippen molar-refractivity contribution in [2.75, 3.05) is 5.32 Å². The monoisotopic (exact) mass is 259 g/mol. The van der Waals surface area contributed by atoms with Crippen LogP contribution in [0.4, 0.5) is 5.69 Å². The first kappa shape index (κ1) is 12.1. The van der Waals surface area contributed by atoms with Crippen molar-refractivity contribution in [2.24, 2.45) is 5.41 Å². The molecule has 0 radical (unpaired) electrons. The van der Waals surface area contributed by atoms with Gasteiger partial charge in [-0.3, -0.25) is 0 Å². The molecule has 1 aromatic heterocycles. The fourth-order valence-corrected chi connectivity index (χ4v) is 2.37. The Kier molecular flexibility index (Phi) is 2.74. The van der Waals surface area contributed by atoms with Gasteiger partial charge in [0.05, 0.1) is 11.8 Å². The van der Waals surface area contributed by atoms with Crippen molar-refractivity contribution in [3.63, 3.8) is 0 Å². The zero-order valence-electron chi connectivity index (χ0n) is 11.0. The second-order valence-corrected chi connectivity index (χ2v) is 5.57. The second-order valence-electron chi connectivity index (χ2n) is 5.57. The highest BCUT2D eigenvalue weighted by Crippen LogP contribution is 2.42. The number of aliphatic hydroxyl groups is 1. The van der Waals surface area contributed by atoms with Crippen molar-refractivity contribution in [3.8, 4) is 5.69 Å². The summed E-state index contributed by atoms with van der Waals surface area (Å²) < 4.78 is 1.62. The van der Waals surface area contributed by atoms with E-state index < -0.39 is 0 Å². The normalized spacial score (nSPS) is 24.8. The molecule has 0 aliphatic heterocycles. The van der Waals surface area contributed by atoms with Crippen molar-refractivity contribution in [1.82, 2.24) is 20.2 Å². The SMILES string of the molecule is CC1(C)C(O)CC1Nc1cccc(-n2cnnn2)c1. The van der Waals surface area contributed by atoms with Gasteiger partial charge in [0.1, 0.15) is 6.33 Å². The molecule has 3 rings (SSSR count). The Morgan fingerprint density at radius 2 is 2.26 bits per heavy atom. The fraction of sp³-hybridized carbons (Fsp3) is 0.462. The van der Waals surface area contributed by atoms with E-state index in [9.17, 15) is 5.11 Å². The standard InChI is InChI=1S/C13H17N5O/c1-13(2)11(7-12(13)19)15-9-4-3-5-10(6-9)18-8-14-16-17-18/h3-6,8,11-12,15,19H,7H2,1-2H3. The van der Waals surface area contributed by atoms with E-state index in [0.29, 0.717) is 0 Å². The summed E-state index contributed by atoms with van der Waals surface area (Å²) in [4.78, 5) is 0. The van der Waals surface area contributed by atoms with E-state index in [1.54, 1.807) is 11.0 Å². The van der Waals surface area contributed by atoms with Crippen LogP contribution in [0.15, 0.2) is 30.6 Å². The molecule has 0 saturated heterocycles. The number of rotatable bonds is 3. The summed E-state index contributed by atoms with van der Waals surface area (Å²) in [7, 11) is 0. The first-order valence-corrected chi connectivity index (χ1v) is 6.35. The molecule has 1 fully saturated rings. The quantitative estimate of drug-likeness (QED) is 0.867. The van der Waals surface area contributed by atoms with Gasteiger partial charge in [0, 0.05) is 17.1 Å². The first-order valence-electron chi connectivity index (χ1n) is 6.35. The van der Waals surface area contributed by atoms with Crippen molar-refractivity contribution in [3.05, 3.63) is 30.6 Å². The van der Waals surface area contributed by atoms with Crippen LogP contribution in [-0.4, -0.2) is 37.5 Å². The number of aliphatic hydroxyl groups excluding tert-OH is 1. The number of hydrogen-bond donors (Lipinski definition) is 2. The van der Waals surface area contributed by atoms with E-state index in [1.807, 2.05) is 24.3 Å². The number of hydrogen-bond acceptors (Lipinski definition) is 5. The topological polar surface area (TPSA) is 75.9 Å². The van der Waals surface area contributed by atoms with E-state index in [0.717, 1.165) is 17.8 Å². The lowest BCUT2D eigenvalue weighted by molar-refractivity contribution is -0.0510. The van der Waals surface area contributed by atoms with Gasteiger partial charge in [0.15, 0.2) is 0 Å². The van der Waals surface area contributed by atoms with Gasteiger partial charge in [-0.15, -0.1) is 5.10 Å². The number of anilines is 1. The third-order valence-corrected chi connectivity index (χ3v) is 4.02. The highest BCUT2D eigenvalue weighted by Gasteiger charge is 2.47. The molecule has 1 aromatic carbocycles. The molecule has 6 nitrogen and oxygen atoms in total. The molecule has 2 atom stereocenters. The van der Waals surface area contributed by atoms with Crippen LogP contribution in [0.3, 0.4) is 0 Å². The van der Waals surface area contributed by atoms with Crippen molar-refractivity contribution < 1.29 is 5.11 Å². The minimum atomic E-state index is -0.229. The van der Waals surface area contributed by atoms with Gasteiger partial charge in [-0.1, -0.05) is 19.9 Å². The summed E-state index contributed by atoms with van der Waals surface area (Å²) in [5, 5.41) is 24.3. The smallest absolute Gasteiger partial charge is 0.143 e. The Balaban J connectivity index is 1.78. The Morgan fingerprint density at radius 3 is 2.89 bits per heavy atom. The summed E-state index contributed by atoms with van der Waals surface area (Å²) >= 11 is 0. The lowest BCUT2D eigenvalue weighted by atomic mass is 9.64. The summed E-state index contributed by atoms with van der Waals surface area (Å²) in [6, 6.07) is 8.20. The molecular weight excluding hydrogens is 242 g/mol. The molecule has 1 aliphatic carbocycles. The van der Waals surface area contributed by atoms with Crippen LogP contribution in [0, 0.1) is 5.41 Å². The molecule has 100 valence electrons. The maximum absolute atomic E-state index is 9.76. The maximum atomic E-state index is 9.76. The number of tetrazole rings is 1. The molecule has 2 unspecified atom stereocenters. The van der Waals surface area contributed by atoms with Crippen LogP contribution >= 0.6 is 0 Å². The summed E-state index contributed by atoms with van der Waals surface area (Å²) in [5.41, 5.74) is 1.83. The minimum Gasteiger partial charge on any atom is -0.392 e. The Hall–Kier alpha value is -1.95. The largest absolute Gasteiger partial charge is 0.392 e. The van der Waals surface area contributed by atoms with Gasteiger partial charge in [-0.25, -0.2) is 4.68 Å². The molecule has 6 heteroatoms.